The number of sulfonamides is 1. The topological polar surface area (TPSA) is 163 Å². The Labute approximate surface area is 235 Å². The smallest absolute Gasteiger partial charge is 0.271 e. The highest BCUT2D eigenvalue weighted by atomic mass is 35.5. The zero-order valence-corrected chi connectivity index (χ0v) is 23.0. The molecular formula is C26H27ClN6O6S. The second-order valence-corrected chi connectivity index (χ2v) is 11.1. The number of ether oxygens (including phenoxy) is 1. The predicted molar refractivity (Wildman–Crippen MR) is 149 cm³/mol. The van der Waals surface area contributed by atoms with Gasteiger partial charge in [-0.25, -0.2) is 8.42 Å². The number of piperidine rings is 1. The normalized spacial score (nSPS) is 14.2. The Hall–Kier alpha value is -4.20. The van der Waals surface area contributed by atoms with Gasteiger partial charge < -0.3 is 20.7 Å². The van der Waals surface area contributed by atoms with E-state index in [0.29, 0.717) is 18.5 Å². The van der Waals surface area contributed by atoms with Crippen LogP contribution in [0.5, 0.6) is 5.75 Å². The van der Waals surface area contributed by atoms with E-state index in [9.17, 15) is 22.8 Å². The van der Waals surface area contributed by atoms with Gasteiger partial charge in [-0.15, -0.1) is 0 Å². The van der Waals surface area contributed by atoms with Crippen LogP contribution in [0.1, 0.15) is 33.7 Å². The molecule has 14 heteroatoms. The van der Waals surface area contributed by atoms with Crippen LogP contribution < -0.4 is 20.7 Å². The van der Waals surface area contributed by atoms with Gasteiger partial charge in [-0.1, -0.05) is 30.3 Å². The monoisotopic (exact) mass is 586 g/mol. The maximum atomic E-state index is 13.2. The van der Waals surface area contributed by atoms with Crippen LogP contribution in [0.3, 0.4) is 0 Å². The van der Waals surface area contributed by atoms with Gasteiger partial charge in [-0.3, -0.25) is 19.5 Å². The number of H-pyrrole nitrogens is 1. The van der Waals surface area contributed by atoms with Crippen molar-refractivity contribution in [3.63, 3.8) is 0 Å². The average Bonchev–Trinajstić information content (AvgIpc) is 3.41. The first-order valence-electron chi connectivity index (χ1n) is 12.2. The number of halogens is 1. The highest BCUT2D eigenvalue weighted by molar-refractivity contribution is 7.89. The van der Waals surface area contributed by atoms with Crippen molar-refractivity contribution in [3.8, 4) is 5.75 Å². The van der Waals surface area contributed by atoms with E-state index in [1.165, 1.54) is 29.7 Å². The summed E-state index contributed by atoms with van der Waals surface area (Å²) in [5.41, 5.74) is 0.630. The first-order valence-corrected chi connectivity index (χ1v) is 14.0. The van der Waals surface area contributed by atoms with Crippen LogP contribution in [0.4, 0.5) is 11.4 Å². The van der Waals surface area contributed by atoms with E-state index < -0.39 is 27.7 Å². The van der Waals surface area contributed by atoms with Crippen molar-refractivity contribution in [1.29, 1.82) is 0 Å². The van der Waals surface area contributed by atoms with E-state index in [2.05, 4.69) is 32.7 Å². The Morgan fingerprint density at radius 1 is 1.12 bits per heavy atom. The Bertz CT molecular complexity index is 1550. The minimum Gasteiger partial charge on any atom is -0.496 e. The molecule has 1 aromatic heterocycles. The first-order chi connectivity index (χ1) is 19.1. The predicted octanol–water partition coefficient (Wildman–Crippen LogP) is 3.03. The van der Waals surface area contributed by atoms with Gasteiger partial charge in [0.05, 0.1) is 28.9 Å². The maximum Gasteiger partial charge on any atom is 0.271 e. The summed E-state index contributed by atoms with van der Waals surface area (Å²) in [6, 6.07) is 10.4. The lowest BCUT2D eigenvalue weighted by Crippen LogP contribution is -2.46. The van der Waals surface area contributed by atoms with Crippen LogP contribution >= 0.6 is 11.6 Å². The van der Waals surface area contributed by atoms with Crippen molar-refractivity contribution in [2.75, 3.05) is 30.8 Å². The molecule has 40 heavy (non-hydrogen) atoms. The second kappa shape index (κ2) is 12.3. The van der Waals surface area contributed by atoms with Gasteiger partial charge >= 0.3 is 0 Å². The molecule has 1 aliphatic rings. The number of hydrogen-bond donors (Lipinski definition) is 4. The van der Waals surface area contributed by atoms with Crippen molar-refractivity contribution in [2.45, 2.75) is 23.8 Å². The Morgan fingerprint density at radius 2 is 1.85 bits per heavy atom. The summed E-state index contributed by atoms with van der Waals surface area (Å²) in [6.07, 6.45) is 3.13. The van der Waals surface area contributed by atoms with Gasteiger partial charge in [-0.2, -0.15) is 9.40 Å². The Balaban J connectivity index is 1.38. The molecule has 0 saturated carbocycles. The molecule has 0 spiro atoms. The van der Waals surface area contributed by atoms with E-state index in [0.717, 1.165) is 6.08 Å². The van der Waals surface area contributed by atoms with Gasteiger partial charge in [0.15, 0.2) is 0 Å². The van der Waals surface area contributed by atoms with Crippen LogP contribution in [0.2, 0.25) is 5.02 Å². The molecule has 0 unspecified atom stereocenters. The van der Waals surface area contributed by atoms with Crippen molar-refractivity contribution < 1.29 is 27.5 Å². The molecule has 2 heterocycles. The van der Waals surface area contributed by atoms with Crippen molar-refractivity contribution >= 4 is 50.7 Å². The van der Waals surface area contributed by atoms with Gasteiger partial charge in [0.2, 0.25) is 15.9 Å². The van der Waals surface area contributed by atoms with Crippen LogP contribution in [0, 0.1) is 0 Å². The number of rotatable bonds is 9. The molecule has 0 radical (unpaired) electrons. The lowest BCUT2D eigenvalue weighted by atomic mass is 10.1. The average molecular weight is 587 g/mol. The van der Waals surface area contributed by atoms with E-state index in [1.807, 2.05) is 0 Å². The number of carbonyl (C=O) groups excluding carboxylic acids is 3. The lowest BCUT2D eigenvalue weighted by molar-refractivity contribution is -0.111. The van der Waals surface area contributed by atoms with Crippen LogP contribution in [-0.2, 0) is 14.8 Å². The fourth-order valence-corrected chi connectivity index (χ4v) is 5.98. The van der Waals surface area contributed by atoms with Gasteiger partial charge in [-0.05, 0) is 49.2 Å². The summed E-state index contributed by atoms with van der Waals surface area (Å²) in [7, 11) is -2.41. The summed E-state index contributed by atoms with van der Waals surface area (Å²) >= 11 is 6.18. The van der Waals surface area contributed by atoms with Gasteiger partial charge in [0.25, 0.3) is 11.8 Å². The standard InChI is InChI=1S/C26H27ClN6O6S/c1-3-22(34)29-17-6-4-7-18(14-17)40(37,38)33-12-10-16(11-13-33)30-26(36)24-20(15-28-32-24)31-25(35)23-19(27)8-5-9-21(23)39-2/h3-9,14-16H,1,10-13H2,2H3,(H,28,32)(H,29,34)(H,30,36)(H,31,35). The number of hydrogen-bond acceptors (Lipinski definition) is 7. The number of nitrogens with zero attached hydrogens (tertiary/aromatic N) is 2. The third-order valence-electron chi connectivity index (χ3n) is 6.25. The summed E-state index contributed by atoms with van der Waals surface area (Å²) in [4.78, 5) is 37.5. The lowest BCUT2D eigenvalue weighted by Gasteiger charge is -2.31. The second-order valence-electron chi connectivity index (χ2n) is 8.80. The zero-order valence-electron chi connectivity index (χ0n) is 21.4. The molecule has 2 aromatic carbocycles. The molecule has 3 aromatic rings. The summed E-state index contributed by atoms with van der Waals surface area (Å²) in [5.74, 6) is -1.26. The largest absolute Gasteiger partial charge is 0.496 e. The molecule has 4 rings (SSSR count). The number of aromatic amines is 1. The van der Waals surface area contributed by atoms with Crippen molar-refractivity contribution in [1.82, 2.24) is 19.8 Å². The SMILES string of the molecule is C=CC(=O)Nc1cccc(S(=O)(=O)N2CCC(NC(=O)c3[nH]ncc3NC(=O)c3c(Cl)cccc3OC)CC2)c1. The fraction of sp³-hybridized carbons (Fsp3) is 0.231. The molecule has 1 saturated heterocycles. The molecule has 4 N–H and O–H groups in total. The van der Waals surface area contributed by atoms with E-state index in [4.69, 9.17) is 16.3 Å². The zero-order chi connectivity index (χ0) is 28.9. The number of benzene rings is 2. The summed E-state index contributed by atoms with van der Waals surface area (Å²) in [6.45, 7) is 3.73. The molecule has 1 fully saturated rings. The van der Waals surface area contributed by atoms with Crippen LogP contribution in [0.15, 0.2) is 66.2 Å². The number of amides is 3. The number of anilines is 2. The molecule has 3 amide bonds. The highest BCUT2D eigenvalue weighted by Crippen LogP contribution is 2.28. The van der Waals surface area contributed by atoms with Gasteiger partial charge in [0.1, 0.15) is 17.0 Å². The van der Waals surface area contributed by atoms with E-state index >= 15 is 0 Å². The minimum absolute atomic E-state index is 0.0350. The Morgan fingerprint density at radius 3 is 2.55 bits per heavy atom. The van der Waals surface area contributed by atoms with Gasteiger partial charge in [0, 0.05) is 24.8 Å². The quantitative estimate of drug-likeness (QED) is 0.280. The number of aromatic nitrogens is 2. The maximum absolute atomic E-state index is 13.2. The third-order valence-corrected chi connectivity index (χ3v) is 8.46. The minimum atomic E-state index is -3.82. The summed E-state index contributed by atoms with van der Waals surface area (Å²) < 4.78 is 32.9. The fourth-order valence-electron chi connectivity index (χ4n) is 4.21. The van der Waals surface area contributed by atoms with Crippen LogP contribution in [-0.4, -0.2) is 66.9 Å². The molecule has 12 nitrogen and oxygen atoms in total. The van der Waals surface area contributed by atoms with Crippen molar-refractivity contribution in [2.24, 2.45) is 0 Å². The van der Waals surface area contributed by atoms with Crippen molar-refractivity contribution in [3.05, 3.63) is 77.6 Å². The number of methoxy groups -OCH3 is 1. The molecular weight excluding hydrogens is 560 g/mol. The number of nitrogens with one attached hydrogen (secondary N) is 4. The van der Waals surface area contributed by atoms with E-state index in [1.54, 1.807) is 30.3 Å². The number of carbonyl (C=O) groups is 3. The molecule has 1 aliphatic heterocycles. The third kappa shape index (κ3) is 6.33. The molecule has 210 valence electrons. The highest BCUT2D eigenvalue weighted by Gasteiger charge is 2.31. The molecule has 0 bridgehead atoms. The van der Waals surface area contributed by atoms with Crippen LogP contribution in [0.25, 0.3) is 0 Å². The molecule has 0 aliphatic carbocycles. The Kier molecular flexibility index (Phi) is 8.87. The molecule has 0 atom stereocenters. The first kappa shape index (κ1) is 28.8. The van der Waals surface area contributed by atoms with E-state index in [-0.39, 0.29) is 51.7 Å². The summed E-state index contributed by atoms with van der Waals surface area (Å²) in [5, 5.41) is 14.7.